The quantitative estimate of drug-likeness (QED) is 0.322. The van der Waals surface area contributed by atoms with Crippen molar-refractivity contribution in [2.75, 3.05) is 5.32 Å². The Balaban J connectivity index is 2.00. The highest BCUT2D eigenvalue weighted by atomic mass is 16.3. The summed E-state index contributed by atoms with van der Waals surface area (Å²) in [4.78, 5) is 27.6. The average Bonchev–Trinajstić information content (AvgIpc) is 3.13. The normalized spacial score (nSPS) is 12.0. The first kappa shape index (κ1) is 22.3. The Morgan fingerprint density at radius 1 is 1.09 bits per heavy atom. The fourth-order valence-corrected chi connectivity index (χ4v) is 4.21. The first-order valence-corrected chi connectivity index (χ1v) is 10.8. The van der Waals surface area contributed by atoms with Crippen molar-refractivity contribution in [1.29, 1.82) is 0 Å². The zero-order valence-electron chi connectivity index (χ0n) is 19.1. The number of rotatable bonds is 5. The third-order valence-electron chi connectivity index (χ3n) is 5.93. The van der Waals surface area contributed by atoms with Gasteiger partial charge < -0.3 is 21.1 Å². The summed E-state index contributed by atoms with van der Waals surface area (Å²) < 4.78 is 0. The molecule has 5 N–H and O–H groups in total. The first-order chi connectivity index (χ1) is 15.6. The van der Waals surface area contributed by atoms with Crippen LogP contribution in [0.25, 0.3) is 32.9 Å². The Morgan fingerprint density at radius 3 is 2.52 bits per heavy atom. The minimum absolute atomic E-state index is 0.196. The van der Waals surface area contributed by atoms with Gasteiger partial charge in [-0.2, -0.15) is 0 Å². The molecule has 0 fully saturated rings. The van der Waals surface area contributed by atoms with Crippen molar-refractivity contribution < 1.29 is 14.7 Å². The molecule has 4 rings (SSSR count). The molecule has 0 saturated heterocycles. The van der Waals surface area contributed by atoms with E-state index in [4.69, 9.17) is 5.73 Å². The topological polar surface area (TPSA) is 108 Å². The predicted molar refractivity (Wildman–Crippen MR) is 133 cm³/mol. The minimum atomic E-state index is -1.00. The van der Waals surface area contributed by atoms with Crippen LogP contribution in [0.1, 0.15) is 42.3 Å². The summed E-state index contributed by atoms with van der Waals surface area (Å²) in [6, 6.07) is 15.1. The van der Waals surface area contributed by atoms with Crippen molar-refractivity contribution in [2.24, 2.45) is 5.73 Å². The molecule has 2 amide bonds. The number of carbonyl (C=O) groups is 2. The third kappa shape index (κ3) is 4.01. The van der Waals surface area contributed by atoms with Crippen LogP contribution in [0, 0.1) is 6.92 Å². The van der Waals surface area contributed by atoms with E-state index in [9.17, 15) is 14.7 Å². The standard InChI is InChI=1S/C27H27N3O3/c1-5-7-23(31)29-21-9-6-8-17(15(21)2)18-12-13-20(26(28)32)25-24(18)19-11-10-16(27(3,4)33)14-22(19)30-25/h5-14,30,33H,1-4H3,(H2,28,32)(H,29,31). The first-order valence-electron chi connectivity index (χ1n) is 10.8. The van der Waals surface area contributed by atoms with E-state index in [-0.39, 0.29) is 5.91 Å². The van der Waals surface area contributed by atoms with Crippen molar-refractivity contribution in [3.63, 3.8) is 0 Å². The van der Waals surface area contributed by atoms with Gasteiger partial charge in [-0.25, -0.2) is 0 Å². The van der Waals surface area contributed by atoms with E-state index >= 15 is 0 Å². The molecular weight excluding hydrogens is 414 g/mol. The van der Waals surface area contributed by atoms with Gasteiger partial charge in [0.05, 0.1) is 16.7 Å². The number of nitrogens with one attached hydrogen (secondary N) is 2. The highest BCUT2D eigenvalue weighted by molar-refractivity contribution is 6.20. The number of H-pyrrole nitrogens is 1. The highest BCUT2D eigenvalue weighted by Crippen LogP contribution is 2.39. The summed E-state index contributed by atoms with van der Waals surface area (Å²) in [7, 11) is 0. The Bertz CT molecular complexity index is 1440. The Morgan fingerprint density at radius 2 is 1.85 bits per heavy atom. The lowest BCUT2D eigenvalue weighted by molar-refractivity contribution is -0.111. The fraction of sp³-hybridized carbons (Fsp3) is 0.185. The monoisotopic (exact) mass is 441 g/mol. The summed E-state index contributed by atoms with van der Waals surface area (Å²) in [5.41, 5.74) is 10.7. The maximum absolute atomic E-state index is 12.2. The Hall–Kier alpha value is -3.90. The Kier molecular flexibility index (Phi) is 5.56. The van der Waals surface area contributed by atoms with Crippen LogP contribution >= 0.6 is 0 Å². The van der Waals surface area contributed by atoms with Crippen LogP contribution in [-0.4, -0.2) is 21.9 Å². The maximum Gasteiger partial charge on any atom is 0.250 e. The van der Waals surface area contributed by atoms with E-state index in [1.54, 1.807) is 32.9 Å². The molecule has 0 aliphatic carbocycles. The van der Waals surface area contributed by atoms with Crippen molar-refractivity contribution >= 4 is 39.3 Å². The summed E-state index contributed by atoms with van der Waals surface area (Å²) in [6.07, 6.45) is 3.17. The Labute approximate surface area is 192 Å². The molecular formula is C27H27N3O3. The van der Waals surface area contributed by atoms with E-state index in [1.807, 2.05) is 49.4 Å². The molecule has 1 aromatic heterocycles. The maximum atomic E-state index is 12.2. The molecule has 6 heteroatoms. The number of aliphatic hydroxyl groups is 1. The van der Waals surface area contributed by atoms with Gasteiger partial charge in [0.15, 0.2) is 0 Å². The van der Waals surface area contributed by atoms with Gasteiger partial charge in [0, 0.05) is 22.0 Å². The number of aromatic amines is 1. The number of anilines is 1. The number of nitrogens with two attached hydrogens (primary N) is 1. The number of hydrogen-bond acceptors (Lipinski definition) is 3. The van der Waals surface area contributed by atoms with Gasteiger partial charge >= 0.3 is 0 Å². The van der Waals surface area contributed by atoms with Crippen molar-refractivity contribution in [2.45, 2.75) is 33.3 Å². The number of allylic oxidation sites excluding steroid dienone is 1. The van der Waals surface area contributed by atoms with E-state index in [0.717, 1.165) is 38.5 Å². The number of carbonyl (C=O) groups excluding carboxylic acids is 2. The summed E-state index contributed by atoms with van der Waals surface area (Å²) >= 11 is 0. The van der Waals surface area contributed by atoms with Crippen molar-refractivity contribution in [3.05, 3.63) is 77.4 Å². The molecule has 0 radical (unpaired) electrons. The van der Waals surface area contributed by atoms with Gasteiger partial charge in [-0.15, -0.1) is 0 Å². The van der Waals surface area contributed by atoms with E-state index in [0.29, 0.717) is 16.8 Å². The molecule has 0 unspecified atom stereocenters. The zero-order valence-corrected chi connectivity index (χ0v) is 19.1. The smallest absolute Gasteiger partial charge is 0.250 e. The van der Waals surface area contributed by atoms with Gasteiger partial charge in [0.25, 0.3) is 5.91 Å². The predicted octanol–water partition coefficient (Wildman–Crippen LogP) is 5.14. The minimum Gasteiger partial charge on any atom is -0.386 e. The molecule has 4 aromatic rings. The largest absolute Gasteiger partial charge is 0.386 e. The second-order valence-electron chi connectivity index (χ2n) is 8.69. The molecule has 1 heterocycles. The van der Waals surface area contributed by atoms with Crippen LogP contribution in [-0.2, 0) is 10.4 Å². The molecule has 3 aromatic carbocycles. The van der Waals surface area contributed by atoms with Crippen molar-refractivity contribution in [1.82, 2.24) is 4.98 Å². The van der Waals surface area contributed by atoms with Crippen LogP contribution in [0.3, 0.4) is 0 Å². The van der Waals surface area contributed by atoms with E-state index in [2.05, 4.69) is 10.3 Å². The lowest BCUT2D eigenvalue weighted by Crippen LogP contribution is -2.14. The molecule has 0 atom stereocenters. The summed E-state index contributed by atoms with van der Waals surface area (Å²) in [5, 5.41) is 15.1. The molecule has 0 spiro atoms. The van der Waals surface area contributed by atoms with Crippen LogP contribution in [0.5, 0.6) is 0 Å². The number of benzene rings is 3. The van der Waals surface area contributed by atoms with Gasteiger partial charge in [0.1, 0.15) is 0 Å². The molecule has 0 bridgehead atoms. The second-order valence-corrected chi connectivity index (χ2v) is 8.69. The molecule has 0 saturated carbocycles. The average molecular weight is 442 g/mol. The molecule has 33 heavy (non-hydrogen) atoms. The fourth-order valence-electron chi connectivity index (χ4n) is 4.21. The van der Waals surface area contributed by atoms with Crippen LogP contribution < -0.4 is 11.1 Å². The van der Waals surface area contributed by atoms with E-state index in [1.165, 1.54) is 6.08 Å². The SMILES string of the molecule is CC=CC(=O)Nc1cccc(-c2ccc(C(N)=O)c3[nH]c4cc(C(C)(C)O)ccc4c23)c1C. The van der Waals surface area contributed by atoms with Gasteiger partial charge in [-0.3, -0.25) is 9.59 Å². The number of fused-ring (bicyclic) bond motifs is 3. The molecule has 0 aliphatic heterocycles. The summed E-state index contributed by atoms with van der Waals surface area (Å²) in [6.45, 7) is 7.21. The molecule has 0 aliphatic rings. The summed E-state index contributed by atoms with van der Waals surface area (Å²) in [5.74, 6) is -0.719. The molecule has 168 valence electrons. The third-order valence-corrected chi connectivity index (χ3v) is 5.93. The van der Waals surface area contributed by atoms with Crippen LogP contribution in [0.2, 0.25) is 0 Å². The number of primary amides is 1. The van der Waals surface area contributed by atoms with Gasteiger partial charge in [-0.05, 0) is 74.2 Å². The number of aromatic nitrogens is 1. The van der Waals surface area contributed by atoms with Crippen LogP contribution in [0.4, 0.5) is 5.69 Å². The van der Waals surface area contributed by atoms with Gasteiger partial charge in [0.2, 0.25) is 5.91 Å². The van der Waals surface area contributed by atoms with E-state index < -0.39 is 11.5 Å². The zero-order chi connectivity index (χ0) is 23.9. The lowest BCUT2D eigenvalue weighted by atomic mass is 9.92. The lowest BCUT2D eigenvalue weighted by Gasteiger charge is -2.17. The second kappa shape index (κ2) is 8.22. The van der Waals surface area contributed by atoms with Crippen molar-refractivity contribution in [3.8, 4) is 11.1 Å². The van der Waals surface area contributed by atoms with Crippen LogP contribution in [0.15, 0.2) is 60.7 Å². The molecule has 6 nitrogen and oxygen atoms in total. The number of hydrogen-bond donors (Lipinski definition) is 4. The number of amides is 2. The van der Waals surface area contributed by atoms with Gasteiger partial charge in [-0.1, -0.05) is 36.4 Å². The highest BCUT2D eigenvalue weighted by Gasteiger charge is 2.21.